The van der Waals surface area contributed by atoms with Crippen molar-refractivity contribution in [1.29, 1.82) is 0 Å². The van der Waals surface area contributed by atoms with Crippen LogP contribution in [0, 0.1) is 0 Å². The second-order valence-electron chi connectivity index (χ2n) is 5.57. The number of carbonyl (C=O) groups is 6. The second kappa shape index (κ2) is 25.2. The summed E-state index contributed by atoms with van der Waals surface area (Å²) in [5.41, 5.74) is 14.8. The third-order valence-electron chi connectivity index (χ3n) is 2.92. The number of aliphatic carboxylic acids is 6. The van der Waals surface area contributed by atoms with Gasteiger partial charge in [0.1, 0.15) is 0 Å². The zero-order valence-corrected chi connectivity index (χ0v) is 22.8. The summed E-state index contributed by atoms with van der Waals surface area (Å²) >= 11 is 0. The molecular formula is C15H24CaKN3O12. The molecule has 3 atom stereocenters. The molecule has 0 aliphatic rings. The van der Waals surface area contributed by atoms with Gasteiger partial charge in [-0.15, -0.1) is 0 Å². The van der Waals surface area contributed by atoms with Crippen LogP contribution in [0.3, 0.4) is 0 Å². The Hall–Kier alpha value is -0.404. The van der Waals surface area contributed by atoms with Crippen LogP contribution in [0.25, 0.3) is 0 Å². The standard InChI is InChI=1S/3C5H9NO4.Ca.K/c3*6-3(5(9)10)1-2-4(7)8;;/h3*3H,1-2,6H2,(H,7,8)(H,9,10);;/q;;;+2;+1/p-3/t3*3-;;/m000../s1. The van der Waals surface area contributed by atoms with Crippen molar-refractivity contribution in [2.45, 2.75) is 56.7 Å². The average Bonchev–Trinajstić information content (AvgIpc) is 2.62. The number of carboxylic acids is 6. The molecule has 15 nitrogen and oxygen atoms in total. The minimum absolute atomic E-state index is 0. The fourth-order valence-corrected chi connectivity index (χ4v) is 1.19. The molecule has 9 N–H and O–H groups in total. The van der Waals surface area contributed by atoms with Gasteiger partial charge in [0.2, 0.25) is 0 Å². The monoisotopic (exact) mass is 517 g/mol. The minimum atomic E-state index is -1.42. The number of carboxylic acid groups (broad SMARTS) is 6. The molecule has 0 aliphatic heterocycles. The topological polar surface area (TPSA) is 310 Å². The van der Waals surface area contributed by atoms with Crippen LogP contribution >= 0.6 is 0 Å². The molecule has 0 aliphatic carbocycles. The van der Waals surface area contributed by atoms with E-state index in [1.807, 2.05) is 0 Å². The number of rotatable bonds is 12. The van der Waals surface area contributed by atoms with E-state index in [1.54, 1.807) is 0 Å². The molecule has 0 rings (SSSR count). The summed E-state index contributed by atoms with van der Waals surface area (Å²) in [4.78, 5) is 59.2. The van der Waals surface area contributed by atoms with E-state index in [2.05, 4.69) is 0 Å². The molecule has 0 aromatic carbocycles. The van der Waals surface area contributed by atoms with E-state index in [1.165, 1.54) is 0 Å². The first-order valence-corrected chi connectivity index (χ1v) is 8.16. The van der Waals surface area contributed by atoms with Crippen LogP contribution in [0.4, 0.5) is 0 Å². The van der Waals surface area contributed by atoms with E-state index in [0.717, 1.165) is 0 Å². The van der Waals surface area contributed by atoms with Crippen molar-refractivity contribution in [2.75, 3.05) is 0 Å². The molecular weight excluding hydrogens is 493 g/mol. The van der Waals surface area contributed by atoms with Crippen LogP contribution in [0.15, 0.2) is 0 Å². The van der Waals surface area contributed by atoms with Crippen LogP contribution < -0.4 is 83.9 Å². The van der Waals surface area contributed by atoms with Crippen molar-refractivity contribution >= 4 is 73.6 Å². The predicted molar refractivity (Wildman–Crippen MR) is 95.3 cm³/mol. The van der Waals surface area contributed by atoms with Crippen molar-refractivity contribution in [1.82, 2.24) is 0 Å². The molecule has 174 valence electrons. The minimum Gasteiger partial charge on any atom is -0.548 e. The van der Waals surface area contributed by atoms with Gasteiger partial charge in [0, 0.05) is 37.4 Å². The van der Waals surface area contributed by atoms with E-state index in [-0.39, 0.29) is 128 Å². The maximum absolute atomic E-state index is 9.88. The Balaban J connectivity index is -0.000000110. The number of hydrogen-bond donors (Lipinski definition) is 6. The maximum Gasteiger partial charge on any atom is 2.00 e. The van der Waals surface area contributed by atoms with Crippen LogP contribution in [0.1, 0.15) is 38.5 Å². The van der Waals surface area contributed by atoms with Gasteiger partial charge in [0.15, 0.2) is 0 Å². The summed E-state index contributed by atoms with van der Waals surface area (Å²) in [7, 11) is 0. The van der Waals surface area contributed by atoms with Crippen molar-refractivity contribution in [3.05, 3.63) is 0 Å². The Morgan fingerprint density at radius 1 is 0.562 bits per heavy atom. The summed E-state index contributed by atoms with van der Waals surface area (Å²) in [5.74, 6) is -7.42. The molecule has 0 unspecified atom stereocenters. The van der Waals surface area contributed by atoms with Gasteiger partial charge in [-0.3, -0.25) is 14.4 Å². The molecule has 0 saturated carbocycles. The van der Waals surface area contributed by atoms with Gasteiger partial charge in [-0.05, 0) is 19.3 Å². The largest absolute Gasteiger partial charge is 2.00 e. The Bertz CT molecular complexity index is 527. The van der Waals surface area contributed by atoms with E-state index >= 15 is 0 Å². The third-order valence-corrected chi connectivity index (χ3v) is 2.92. The molecule has 0 heterocycles. The summed E-state index contributed by atoms with van der Waals surface area (Å²) in [6, 6.07) is -3.51. The fraction of sp³-hybridized carbons (Fsp3) is 0.600. The molecule has 0 radical (unpaired) electrons. The molecule has 0 aromatic rings. The van der Waals surface area contributed by atoms with Gasteiger partial charge >= 0.3 is 107 Å². The average molecular weight is 518 g/mol. The molecule has 0 bridgehead atoms. The Morgan fingerprint density at radius 3 is 0.812 bits per heavy atom. The number of hydrogen-bond acceptors (Lipinski definition) is 12. The van der Waals surface area contributed by atoms with Gasteiger partial charge < -0.3 is 62.2 Å². The summed E-state index contributed by atoms with van der Waals surface area (Å²) < 4.78 is 0. The zero-order chi connectivity index (χ0) is 24.4. The predicted octanol–water partition coefficient (Wildman–Crippen LogP) is -9.59. The molecule has 32 heavy (non-hydrogen) atoms. The van der Waals surface area contributed by atoms with Crippen LogP contribution in [0.2, 0.25) is 0 Å². The number of nitrogens with two attached hydrogens (primary N) is 3. The molecule has 0 aromatic heterocycles. The maximum atomic E-state index is 9.88. The fourth-order valence-electron chi connectivity index (χ4n) is 1.19. The molecule has 0 saturated heterocycles. The van der Waals surface area contributed by atoms with Gasteiger partial charge in [-0.2, -0.15) is 0 Å². The van der Waals surface area contributed by atoms with Crippen LogP contribution in [0.5, 0.6) is 0 Å². The summed E-state index contributed by atoms with van der Waals surface area (Å²) in [6.07, 6.45) is -0.980. The Kier molecular flexibility index (Phi) is 33.0. The molecule has 0 amide bonds. The first-order valence-electron chi connectivity index (χ1n) is 8.16. The second-order valence-corrected chi connectivity index (χ2v) is 5.57. The van der Waals surface area contributed by atoms with Crippen molar-refractivity contribution < 1.29 is 111 Å². The van der Waals surface area contributed by atoms with Gasteiger partial charge in [0.25, 0.3) is 0 Å². The van der Waals surface area contributed by atoms with E-state index < -0.39 is 53.9 Å². The van der Waals surface area contributed by atoms with Gasteiger partial charge in [-0.1, -0.05) is 0 Å². The smallest absolute Gasteiger partial charge is 0.548 e. The Labute approximate surface area is 255 Å². The van der Waals surface area contributed by atoms with Crippen molar-refractivity contribution in [3.63, 3.8) is 0 Å². The SMILES string of the molecule is N[C@@H](CCC(=O)O)C(=O)[O-].N[C@@H](CCC(=O)O)C(=O)[O-].N[C@@H](CCC(=O)O)C(=O)[O-].[Ca+2].[K+]. The van der Waals surface area contributed by atoms with Crippen LogP contribution in [-0.4, -0.2) is 107 Å². The van der Waals surface area contributed by atoms with E-state index in [9.17, 15) is 44.1 Å². The van der Waals surface area contributed by atoms with E-state index in [4.69, 9.17) is 32.5 Å². The van der Waals surface area contributed by atoms with E-state index in [0.29, 0.717) is 0 Å². The third kappa shape index (κ3) is 34.2. The number of carbonyl (C=O) groups excluding carboxylic acids is 3. The first kappa shape index (κ1) is 41.8. The van der Waals surface area contributed by atoms with Crippen molar-refractivity contribution in [2.24, 2.45) is 17.2 Å². The molecule has 0 spiro atoms. The first-order chi connectivity index (χ1) is 13.6. The molecule has 17 heteroatoms. The zero-order valence-electron chi connectivity index (χ0n) is 17.4. The summed E-state index contributed by atoms with van der Waals surface area (Å²) in [6.45, 7) is 0. The molecule has 0 fully saturated rings. The van der Waals surface area contributed by atoms with Gasteiger partial charge in [0.05, 0.1) is 17.9 Å². The normalized spacial score (nSPS) is 11.7. The quantitative estimate of drug-likeness (QED) is 0.131. The van der Waals surface area contributed by atoms with Crippen LogP contribution in [-0.2, 0) is 28.8 Å². The summed E-state index contributed by atoms with van der Waals surface area (Å²) in [5, 5.41) is 53.9. The Morgan fingerprint density at radius 2 is 0.719 bits per heavy atom. The van der Waals surface area contributed by atoms with Gasteiger partial charge in [-0.25, -0.2) is 0 Å². The van der Waals surface area contributed by atoms with Crippen molar-refractivity contribution in [3.8, 4) is 0 Å².